The maximum absolute atomic E-state index is 11.6. The first-order valence-electron chi connectivity index (χ1n) is 8.66. The van der Waals surface area contributed by atoms with E-state index in [4.69, 9.17) is 21.1 Å². The minimum absolute atomic E-state index is 0.358. The van der Waals surface area contributed by atoms with Crippen molar-refractivity contribution >= 4 is 29.6 Å². The van der Waals surface area contributed by atoms with Gasteiger partial charge in [-0.15, -0.1) is 0 Å². The third kappa shape index (κ3) is 7.77. The molecule has 7 nitrogen and oxygen atoms in total. The fraction of sp³-hybridized carbons (Fsp3) is 0.250. The molecule has 0 aliphatic rings. The number of hydrogen-bond acceptors (Lipinski definition) is 5. The number of hydrazone groups is 1. The first-order chi connectivity index (χ1) is 13.6. The molecule has 148 valence electrons. The Morgan fingerprint density at radius 2 is 1.93 bits per heavy atom. The van der Waals surface area contributed by atoms with Crippen LogP contribution in [-0.2, 0) is 20.9 Å². The quantitative estimate of drug-likeness (QED) is 0.291. The lowest BCUT2D eigenvalue weighted by molar-refractivity contribution is -0.139. The van der Waals surface area contributed by atoms with Crippen molar-refractivity contribution in [1.29, 1.82) is 0 Å². The van der Waals surface area contributed by atoms with E-state index >= 15 is 0 Å². The highest BCUT2D eigenvalue weighted by atomic mass is 35.5. The number of carbonyl (C=O) groups excluding carboxylic acids is 2. The van der Waals surface area contributed by atoms with Crippen molar-refractivity contribution in [1.82, 2.24) is 10.7 Å². The lowest BCUT2D eigenvalue weighted by Gasteiger charge is -2.07. The fourth-order valence-corrected chi connectivity index (χ4v) is 2.27. The van der Waals surface area contributed by atoms with Crippen LogP contribution in [0.15, 0.2) is 53.6 Å². The second-order valence-corrected chi connectivity index (χ2v) is 6.23. The lowest BCUT2D eigenvalue weighted by atomic mass is 10.2. The lowest BCUT2D eigenvalue weighted by Crippen LogP contribution is -2.38. The van der Waals surface area contributed by atoms with Crippen molar-refractivity contribution in [2.24, 2.45) is 5.10 Å². The number of ether oxygens (including phenoxy) is 2. The Morgan fingerprint density at radius 1 is 1.14 bits per heavy atom. The van der Waals surface area contributed by atoms with Crippen LogP contribution in [0.4, 0.5) is 0 Å². The molecule has 0 radical (unpaired) electrons. The number of benzene rings is 2. The summed E-state index contributed by atoms with van der Waals surface area (Å²) in [4.78, 5) is 23.2. The van der Waals surface area contributed by atoms with Gasteiger partial charge in [-0.05, 0) is 41.8 Å². The number of methoxy groups -OCH3 is 1. The van der Waals surface area contributed by atoms with Gasteiger partial charge in [-0.3, -0.25) is 9.59 Å². The van der Waals surface area contributed by atoms with Crippen molar-refractivity contribution < 1.29 is 19.1 Å². The van der Waals surface area contributed by atoms with E-state index in [9.17, 15) is 9.59 Å². The molecule has 28 heavy (non-hydrogen) atoms. The zero-order valence-corrected chi connectivity index (χ0v) is 16.2. The molecule has 0 aliphatic heterocycles. The molecular weight excluding hydrogens is 382 g/mol. The zero-order valence-electron chi connectivity index (χ0n) is 15.5. The number of nitrogens with one attached hydrogen (secondary N) is 2. The van der Waals surface area contributed by atoms with Gasteiger partial charge < -0.3 is 14.8 Å². The molecule has 0 atom stereocenters. The van der Waals surface area contributed by atoms with E-state index in [1.165, 1.54) is 6.21 Å². The highest BCUT2D eigenvalue weighted by Gasteiger charge is 2.11. The largest absolute Gasteiger partial charge is 0.489 e. The van der Waals surface area contributed by atoms with Crippen LogP contribution >= 0.6 is 11.6 Å². The van der Waals surface area contributed by atoms with Gasteiger partial charge in [-0.25, -0.2) is 5.43 Å². The minimum atomic E-state index is -0.830. The monoisotopic (exact) mass is 403 g/mol. The summed E-state index contributed by atoms with van der Waals surface area (Å²) in [6, 6.07) is 14.6. The normalized spacial score (nSPS) is 10.6. The van der Waals surface area contributed by atoms with Crippen LogP contribution in [0.1, 0.15) is 17.5 Å². The summed E-state index contributed by atoms with van der Waals surface area (Å²) in [6.45, 7) is 1.27. The molecule has 2 aromatic carbocycles. The van der Waals surface area contributed by atoms with Crippen LogP contribution in [0, 0.1) is 0 Å². The van der Waals surface area contributed by atoms with Crippen molar-refractivity contribution in [2.75, 3.05) is 20.3 Å². The molecule has 0 aromatic heterocycles. The van der Waals surface area contributed by atoms with Crippen molar-refractivity contribution in [3.8, 4) is 5.75 Å². The average molecular weight is 404 g/mol. The van der Waals surface area contributed by atoms with Gasteiger partial charge in [0, 0.05) is 25.3 Å². The van der Waals surface area contributed by atoms with Crippen molar-refractivity contribution in [3.05, 3.63) is 64.7 Å². The Balaban J connectivity index is 1.80. The Morgan fingerprint density at radius 3 is 2.68 bits per heavy atom. The van der Waals surface area contributed by atoms with E-state index in [2.05, 4.69) is 15.8 Å². The van der Waals surface area contributed by atoms with Gasteiger partial charge in [0.15, 0.2) is 0 Å². The number of rotatable bonds is 9. The Labute approximate surface area is 168 Å². The topological polar surface area (TPSA) is 89.0 Å². The van der Waals surface area contributed by atoms with E-state index in [-0.39, 0.29) is 0 Å². The van der Waals surface area contributed by atoms with Crippen molar-refractivity contribution in [3.63, 3.8) is 0 Å². The van der Waals surface area contributed by atoms with Gasteiger partial charge in [0.1, 0.15) is 12.4 Å². The first kappa shape index (κ1) is 21.4. The van der Waals surface area contributed by atoms with Crippen LogP contribution < -0.4 is 15.5 Å². The fourth-order valence-electron chi connectivity index (χ4n) is 2.15. The van der Waals surface area contributed by atoms with Gasteiger partial charge in [-0.2, -0.15) is 5.10 Å². The number of amides is 2. The number of carbonyl (C=O) groups is 2. The van der Waals surface area contributed by atoms with Crippen molar-refractivity contribution in [2.45, 2.75) is 13.0 Å². The molecule has 0 heterocycles. The summed E-state index contributed by atoms with van der Waals surface area (Å²) < 4.78 is 10.6. The summed E-state index contributed by atoms with van der Waals surface area (Å²) in [7, 11) is 1.57. The van der Waals surface area contributed by atoms with E-state index in [1.807, 2.05) is 24.3 Å². The van der Waals surface area contributed by atoms with Crippen LogP contribution in [-0.4, -0.2) is 38.3 Å². The molecular formula is C20H22ClN3O4. The summed E-state index contributed by atoms with van der Waals surface area (Å²) in [5.41, 5.74) is 3.90. The molecule has 0 unspecified atom stereocenters. The summed E-state index contributed by atoms with van der Waals surface area (Å²) in [5, 5.41) is 6.95. The van der Waals surface area contributed by atoms with E-state index in [0.29, 0.717) is 37.0 Å². The van der Waals surface area contributed by atoms with Gasteiger partial charge >= 0.3 is 11.8 Å². The molecule has 0 fully saturated rings. The van der Waals surface area contributed by atoms with Crippen LogP contribution in [0.5, 0.6) is 5.75 Å². The second kappa shape index (κ2) is 11.7. The first-order valence-corrected chi connectivity index (χ1v) is 9.04. The van der Waals surface area contributed by atoms with Gasteiger partial charge in [0.25, 0.3) is 0 Å². The summed E-state index contributed by atoms with van der Waals surface area (Å²) >= 11 is 5.86. The summed E-state index contributed by atoms with van der Waals surface area (Å²) in [5.74, 6) is -0.918. The second-order valence-electron chi connectivity index (χ2n) is 5.79. The van der Waals surface area contributed by atoms with Crippen LogP contribution in [0.3, 0.4) is 0 Å². The molecule has 2 N–H and O–H groups in total. The van der Waals surface area contributed by atoms with E-state index in [1.54, 1.807) is 31.4 Å². The highest BCUT2D eigenvalue weighted by molar-refractivity contribution is 6.35. The highest BCUT2D eigenvalue weighted by Crippen LogP contribution is 2.15. The number of nitrogens with zero attached hydrogens (tertiary/aromatic N) is 1. The predicted molar refractivity (Wildman–Crippen MR) is 107 cm³/mol. The number of hydrogen-bond donors (Lipinski definition) is 2. The molecule has 8 heteroatoms. The zero-order chi connectivity index (χ0) is 20.2. The molecule has 2 rings (SSSR count). The SMILES string of the molecule is COCCCNC(=O)C(=O)N/N=C\c1cccc(OCc2ccc(Cl)cc2)c1. The molecule has 0 saturated heterocycles. The molecule has 0 saturated carbocycles. The Bertz CT molecular complexity index is 809. The average Bonchev–Trinajstić information content (AvgIpc) is 2.71. The van der Waals surface area contributed by atoms with Crippen LogP contribution in [0.25, 0.3) is 0 Å². The molecule has 2 aromatic rings. The standard InChI is InChI=1S/C20H22ClN3O4/c1-27-11-3-10-22-19(25)20(26)24-23-13-16-4-2-5-18(12-16)28-14-15-6-8-17(21)9-7-15/h2,4-9,12-13H,3,10-11,14H2,1H3,(H,22,25)(H,24,26)/b23-13-. The summed E-state index contributed by atoms with van der Waals surface area (Å²) in [6.07, 6.45) is 2.06. The Kier molecular flexibility index (Phi) is 8.97. The minimum Gasteiger partial charge on any atom is -0.489 e. The van der Waals surface area contributed by atoms with Crippen LogP contribution in [0.2, 0.25) is 5.02 Å². The maximum Gasteiger partial charge on any atom is 0.329 e. The number of halogens is 1. The van der Waals surface area contributed by atoms with E-state index in [0.717, 1.165) is 11.1 Å². The molecule has 0 spiro atoms. The third-order valence-electron chi connectivity index (χ3n) is 3.57. The predicted octanol–water partition coefficient (Wildman–Crippen LogP) is 2.52. The molecule has 0 aliphatic carbocycles. The van der Waals surface area contributed by atoms with Gasteiger partial charge in [0.2, 0.25) is 0 Å². The Hall–Kier alpha value is -2.90. The molecule has 0 bridgehead atoms. The maximum atomic E-state index is 11.6. The third-order valence-corrected chi connectivity index (χ3v) is 3.83. The van der Waals surface area contributed by atoms with E-state index < -0.39 is 11.8 Å². The smallest absolute Gasteiger partial charge is 0.329 e. The van der Waals surface area contributed by atoms with Gasteiger partial charge in [0.05, 0.1) is 6.21 Å². The molecule has 2 amide bonds. The van der Waals surface area contributed by atoms with Gasteiger partial charge in [-0.1, -0.05) is 35.9 Å².